The van der Waals surface area contributed by atoms with Gasteiger partial charge in [0.1, 0.15) is 11.4 Å². The van der Waals surface area contributed by atoms with Crippen molar-refractivity contribution in [1.82, 2.24) is 14.9 Å². The number of likely N-dealkylation sites (tertiary alicyclic amines) is 1. The molecule has 2 aromatic rings. The van der Waals surface area contributed by atoms with E-state index >= 15 is 0 Å². The minimum atomic E-state index is -0.572. The van der Waals surface area contributed by atoms with Gasteiger partial charge in [-0.3, -0.25) is 5.01 Å². The zero-order chi connectivity index (χ0) is 23.3. The molecule has 1 unspecified atom stereocenters. The number of rotatable bonds is 5. The Morgan fingerprint density at radius 3 is 2.56 bits per heavy atom. The van der Waals surface area contributed by atoms with Crippen LogP contribution in [0.3, 0.4) is 0 Å². The summed E-state index contributed by atoms with van der Waals surface area (Å²) in [6.45, 7) is 10.7. The van der Waals surface area contributed by atoms with E-state index in [0.717, 1.165) is 24.1 Å². The summed E-state index contributed by atoms with van der Waals surface area (Å²) in [6, 6.07) is 7.82. The second-order valence-corrected chi connectivity index (χ2v) is 8.79. The van der Waals surface area contributed by atoms with Crippen LogP contribution in [0.4, 0.5) is 15.1 Å². The first-order valence-corrected chi connectivity index (χ1v) is 10.6. The van der Waals surface area contributed by atoms with Crippen LogP contribution in [0.2, 0.25) is 0 Å². The van der Waals surface area contributed by atoms with Gasteiger partial charge in [-0.2, -0.15) is 0 Å². The quantitative estimate of drug-likeness (QED) is 0.418. The molecule has 1 fully saturated rings. The van der Waals surface area contributed by atoms with E-state index in [9.17, 15) is 9.18 Å². The number of aromatic nitrogens is 2. The molecule has 1 aromatic heterocycles. The molecular formula is C24H30FN5O2. The molecule has 32 heavy (non-hydrogen) atoms. The monoisotopic (exact) mass is 439 g/mol. The van der Waals surface area contributed by atoms with Crippen molar-refractivity contribution in [3.63, 3.8) is 0 Å². The first-order valence-electron chi connectivity index (χ1n) is 10.6. The molecule has 2 N–H and O–H groups in total. The third-order valence-electron chi connectivity index (χ3n) is 5.07. The Morgan fingerprint density at radius 2 is 1.94 bits per heavy atom. The molecule has 7 nitrogen and oxygen atoms in total. The minimum absolute atomic E-state index is 0.0812. The number of anilines is 1. The molecule has 0 aliphatic carbocycles. The Labute approximate surface area is 188 Å². The molecule has 2 heterocycles. The Kier molecular flexibility index (Phi) is 7.25. The summed E-state index contributed by atoms with van der Waals surface area (Å²) in [5, 5.41) is 1.43. The van der Waals surface area contributed by atoms with E-state index in [1.54, 1.807) is 35.5 Å². The highest BCUT2D eigenvalue weighted by Gasteiger charge is 2.31. The van der Waals surface area contributed by atoms with Crippen molar-refractivity contribution in [3.05, 3.63) is 72.5 Å². The number of hydrogen-bond donors (Lipinski definition) is 1. The highest BCUT2D eigenvalue weighted by Crippen LogP contribution is 2.30. The van der Waals surface area contributed by atoms with Gasteiger partial charge < -0.3 is 9.64 Å². The van der Waals surface area contributed by atoms with Crippen molar-refractivity contribution in [1.29, 1.82) is 0 Å². The molecule has 8 heteroatoms. The summed E-state index contributed by atoms with van der Waals surface area (Å²) < 4.78 is 18.9. The summed E-state index contributed by atoms with van der Waals surface area (Å²) in [7, 11) is 0. The highest BCUT2D eigenvalue weighted by atomic mass is 19.1. The van der Waals surface area contributed by atoms with Crippen LogP contribution >= 0.6 is 0 Å². The first-order chi connectivity index (χ1) is 15.1. The van der Waals surface area contributed by atoms with Crippen molar-refractivity contribution in [2.24, 2.45) is 11.8 Å². The lowest BCUT2D eigenvalue weighted by molar-refractivity contribution is 0.0181. The van der Waals surface area contributed by atoms with Gasteiger partial charge in [-0.1, -0.05) is 18.7 Å². The third kappa shape index (κ3) is 6.13. The van der Waals surface area contributed by atoms with E-state index in [0.29, 0.717) is 24.6 Å². The van der Waals surface area contributed by atoms with Gasteiger partial charge in [-0.05, 0) is 69.0 Å². The third-order valence-corrected chi connectivity index (χ3v) is 5.07. The maximum Gasteiger partial charge on any atom is 0.410 e. The van der Waals surface area contributed by atoms with E-state index in [-0.39, 0.29) is 17.8 Å². The van der Waals surface area contributed by atoms with Crippen molar-refractivity contribution in [2.75, 3.05) is 18.1 Å². The fourth-order valence-electron chi connectivity index (χ4n) is 3.55. The number of nitrogens with zero attached hydrogens (tertiary/aromatic N) is 4. The molecule has 1 aliphatic heterocycles. The van der Waals surface area contributed by atoms with E-state index in [2.05, 4.69) is 16.5 Å². The number of nitrogens with two attached hydrogens (primary N) is 1. The summed E-state index contributed by atoms with van der Waals surface area (Å²) in [6.07, 6.45) is 6.35. The second kappa shape index (κ2) is 9.91. The lowest BCUT2D eigenvalue weighted by atomic mass is 9.92. The Balaban J connectivity index is 1.90. The average molecular weight is 440 g/mol. The molecule has 1 atom stereocenters. The van der Waals surface area contributed by atoms with Crippen molar-refractivity contribution in [3.8, 4) is 0 Å². The highest BCUT2D eigenvalue weighted by molar-refractivity contribution is 5.74. The molecule has 1 saturated heterocycles. The summed E-state index contributed by atoms with van der Waals surface area (Å²) in [5.74, 6) is 6.38. The number of amides is 1. The van der Waals surface area contributed by atoms with Crippen molar-refractivity contribution in [2.45, 2.75) is 39.2 Å². The normalized spacial score (nSPS) is 17.1. The molecule has 0 bridgehead atoms. The van der Waals surface area contributed by atoms with Crippen LogP contribution in [0.15, 0.2) is 61.1 Å². The molecule has 170 valence electrons. The number of ether oxygens (including phenoxy) is 1. The lowest BCUT2D eigenvalue weighted by Gasteiger charge is -2.37. The van der Waals surface area contributed by atoms with E-state index in [4.69, 9.17) is 10.6 Å². The van der Waals surface area contributed by atoms with Crippen LogP contribution in [0.1, 0.15) is 39.2 Å². The van der Waals surface area contributed by atoms with Gasteiger partial charge in [0.25, 0.3) is 0 Å². The van der Waals surface area contributed by atoms with Crippen LogP contribution in [-0.2, 0) is 4.74 Å². The summed E-state index contributed by atoms with van der Waals surface area (Å²) in [4.78, 5) is 22.9. The molecule has 3 rings (SSSR count). The fraction of sp³-hybridized carbons (Fsp3) is 0.375. The lowest BCUT2D eigenvalue weighted by Crippen LogP contribution is -2.46. The number of allylic oxidation sites excluding steroid dienone is 2. The molecular weight excluding hydrogens is 409 g/mol. The van der Waals surface area contributed by atoms with E-state index in [1.807, 2.05) is 26.8 Å². The maximum atomic E-state index is 13.3. The van der Waals surface area contributed by atoms with Crippen LogP contribution in [0.25, 0.3) is 5.57 Å². The Hall–Kier alpha value is -3.26. The Bertz CT molecular complexity index is 970. The van der Waals surface area contributed by atoms with Crippen molar-refractivity contribution < 1.29 is 13.9 Å². The zero-order valence-corrected chi connectivity index (χ0v) is 18.8. The van der Waals surface area contributed by atoms with Gasteiger partial charge in [-0.15, -0.1) is 0 Å². The molecule has 0 spiro atoms. The smallest absolute Gasteiger partial charge is 0.410 e. The molecule has 0 saturated carbocycles. The van der Waals surface area contributed by atoms with Crippen molar-refractivity contribution >= 4 is 17.6 Å². The SMILES string of the molecule is C=C(/C=C(/C1CCCN(C(=O)OC(C)(C)C)C1)N(N)c1ncccn1)c1ccc(F)cc1. The van der Waals surface area contributed by atoms with Gasteiger partial charge >= 0.3 is 6.09 Å². The van der Waals surface area contributed by atoms with E-state index < -0.39 is 5.60 Å². The van der Waals surface area contributed by atoms with Gasteiger partial charge in [-0.25, -0.2) is 25.0 Å². The standard InChI is InChI=1S/C24H30FN5O2/c1-17(18-8-10-20(25)11-9-18)15-21(30(26)22-27-12-6-13-28-22)19-7-5-14-29(16-19)23(31)32-24(2,3)4/h6,8-13,15,19H,1,5,7,14,16,26H2,2-4H3/b21-15-. The van der Waals surface area contributed by atoms with Crippen LogP contribution < -0.4 is 10.9 Å². The molecule has 0 radical (unpaired) electrons. The largest absolute Gasteiger partial charge is 0.444 e. The number of hydrazine groups is 1. The van der Waals surface area contributed by atoms with Crippen LogP contribution in [0.5, 0.6) is 0 Å². The first kappa shape index (κ1) is 23.4. The fourth-order valence-corrected chi connectivity index (χ4v) is 3.55. The average Bonchev–Trinajstić information content (AvgIpc) is 2.77. The topological polar surface area (TPSA) is 84.6 Å². The van der Waals surface area contributed by atoms with Gasteiger partial charge in [0.15, 0.2) is 0 Å². The van der Waals surface area contributed by atoms with Crippen LogP contribution in [0, 0.1) is 11.7 Å². The number of carbonyl (C=O) groups is 1. The molecule has 1 amide bonds. The molecule has 1 aromatic carbocycles. The summed E-state index contributed by atoms with van der Waals surface area (Å²) >= 11 is 0. The Morgan fingerprint density at radius 1 is 1.28 bits per heavy atom. The van der Waals surface area contributed by atoms with Gasteiger partial charge in [0, 0.05) is 37.1 Å². The predicted molar refractivity (Wildman–Crippen MR) is 123 cm³/mol. The number of piperidine rings is 1. The zero-order valence-electron chi connectivity index (χ0n) is 18.8. The second-order valence-electron chi connectivity index (χ2n) is 8.79. The molecule has 1 aliphatic rings. The maximum absolute atomic E-state index is 13.3. The van der Waals surface area contributed by atoms with E-state index in [1.165, 1.54) is 17.1 Å². The number of benzene rings is 1. The van der Waals surface area contributed by atoms with Gasteiger partial charge in [0.05, 0.1) is 0 Å². The number of carbonyl (C=O) groups excluding carboxylic acids is 1. The van der Waals surface area contributed by atoms with Gasteiger partial charge in [0.2, 0.25) is 5.95 Å². The number of halogens is 1. The summed E-state index contributed by atoms with van der Waals surface area (Å²) in [5.41, 5.74) is 1.59. The number of hydrogen-bond acceptors (Lipinski definition) is 6. The van der Waals surface area contributed by atoms with Crippen LogP contribution in [-0.4, -0.2) is 39.7 Å². The minimum Gasteiger partial charge on any atom is -0.444 e. The predicted octanol–water partition coefficient (Wildman–Crippen LogP) is 4.54.